The molecule has 2 heterocycles. The lowest BCUT2D eigenvalue weighted by Crippen LogP contribution is -2.35. The maximum atomic E-state index is 6.09. The van der Waals surface area contributed by atoms with Crippen LogP contribution in [0.3, 0.4) is 0 Å². The van der Waals surface area contributed by atoms with Gasteiger partial charge in [-0.25, -0.2) is 0 Å². The zero-order valence-corrected chi connectivity index (χ0v) is 13.4. The summed E-state index contributed by atoms with van der Waals surface area (Å²) in [6.07, 6.45) is 4.27. The van der Waals surface area contributed by atoms with Gasteiger partial charge in [0.05, 0.1) is 10.6 Å². The van der Waals surface area contributed by atoms with Crippen molar-refractivity contribution < 1.29 is 4.42 Å². The van der Waals surface area contributed by atoms with Gasteiger partial charge in [-0.3, -0.25) is 5.32 Å². The van der Waals surface area contributed by atoms with Crippen LogP contribution in [-0.2, 0) is 0 Å². The van der Waals surface area contributed by atoms with Crippen LogP contribution >= 0.6 is 22.9 Å². The van der Waals surface area contributed by atoms with Gasteiger partial charge in [0.1, 0.15) is 11.8 Å². The number of furan rings is 1. The van der Waals surface area contributed by atoms with E-state index in [0.717, 1.165) is 16.0 Å². The molecule has 4 heteroatoms. The fourth-order valence-electron chi connectivity index (χ4n) is 3.06. The molecule has 1 aliphatic rings. The van der Waals surface area contributed by atoms with Gasteiger partial charge in [0.15, 0.2) is 0 Å². The van der Waals surface area contributed by atoms with E-state index in [9.17, 15) is 0 Å². The van der Waals surface area contributed by atoms with Gasteiger partial charge >= 0.3 is 0 Å². The van der Waals surface area contributed by atoms with Gasteiger partial charge in [-0.1, -0.05) is 25.4 Å². The summed E-state index contributed by atoms with van der Waals surface area (Å²) in [6.45, 7) is 4.69. The largest absolute Gasteiger partial charge is 0.467 e. The molecule has 2 aromatic heterocycles. The van der Waals surface area contributed by atoms with E-state index in [1.54, 1.807) is 17.6 Å². The summed E-state index contributed by atoms with van der Waals surface area (Å²) in [7, 11) is 0. The predicted octanol–water partition coefficient (Wildman–Crippen LogP) is 5.11. The van der Waals surface area contributed by atoms with E-state index < -0.39 is 0 Å². The second-order valence-corrected chi connectivity index (χ2v) is 7.52. The molecule has 1 aliphatic carbocycles. The fourth-order valence-corrected chi connectivity index (χ4v) is 4.19. The Morgan fingerprint density at radius 1 is 1.30 bits per heavy atom. The first kappa shape index (κ1) is 14.2. The molecule has 2 aromatic rings. The van der Waals surface area contributed by atoms with Crippen LogP contribution in [0.25, 0.3) is 0 Å². The first-order chi connectivity index (χ1) is 9.65. The molecule has 4 atom stereocenters. The molecule has 0 amide bonds. The summed E-state index contributed by atoms with van der Waals surface area (Å²) in [4.78, 5) is 1.22. The zero-order chi connectivity index (χ0) is 14.1. The van der Waals surface area contributed by atoms with Crippen molar-refractivity contribution in [2.24, 2.45) is 11.8 Å². The lowest BCUT2D eigenvalue weighted by molar-refractivity contribution is 0.336. The summed E-state index contributed by atoms with van der Waals surface area (Å²) >= 11 is 7.72. The van der Waals surface area contributed by atoms with Crippen LogP contribution in [0.1, 0.15) is 43.4 Å². The summed E-state index contributed by atoms with van der Waals surface area (Å²) in [5.74, 6) is 2.45. The van der Waals surface area contributed by atoms with E-state index in [4.69, 9.17) is 16.0 Å². The third kappa shape index (κ3) is 2.80. The number of halogens is 1. The van der Waals surface area contributed by atoms with Crippen molar-refractivity contribution in [2.75, 3.05) is 0 Å². The normalized spacial score (nSPS) is 27.9. The molecule has 0 spiro atoms. The Balaban J connectivity index is 1.83. The summed E-state index contributed by atoms with van der Waals surface area (Å²) in [5, 5.41) is 3.79. The maximum absolute atomic E-state index is 6.09. The Kier molecular flexibility index (Phi) is 4.20. The molecule has 0 aliphatic heterocycles. The van der Waals surface area contributed by atoms with Crippen molar-refractivity contribution in [1.82, 2.24) is 5.32 Å². The van der Waals surface area contributed by atoms with Crippen LogP contribution in [0.5, 0.6) is 0 Å². The van der Waals surface area contributed by atoms with E-state index in [1.807, 2.05) is 18.2 Å². The van der Waals surface area contributed by atoms with Crippen LogP contribution in [0.2, 0.25) is 4.34 Å². The average molecular weight is 310 g/mol. The lowest BCUT2D eigenvalue weighted by atomic mass is 9.97. The SMILES string of the molecule is CC1CCC(NC(c2ccco2)c2ccc(Cl)s2)C1C. The molecule has 2 nitrogen and oxygen atoms in total. The molecule has 0 aromatic carbocycles. The molecule has 0 radical (unpaired) electrons. The first-order valence-electron chi connectivity index (χ1n) is 7.20. The minimum atomic E-state index is 0.111. The smallest absolute Gasteiger partial charge is 0.126 e. The highest BCUT2D eigenvalue weighted by molar-refractivity contribution is 7.16. The average Bonchev–Trinajstić information content (AvgIpc) is 3.14. The van der Waals surface area contributed by atoms with Crippen molar-refractivity contribution in [3.8, 4) is 0 Å². The second kappa shape index (κ2) is 5.92. The number of hydrogen-bond acceptors (Lipinski definition) is 3. The quantitative estimate of drug-likeness (QED) is 0.849. The summed E-state index contributed by atoms with van der Waals surface area (Å²) in [5.41, 5.74) is 0. The van der Waals surface area contributed by atoms with Crippen LogP contribution < -0.4 is 5.32 Å². The Bertz CT molecular complexity index is 551. The Hall–Kier alpha value is -0.770. The van der Waals surface area contributed by atoms with Crippen molar-refractivity contribution >= 4 is 22.9 Å². The molecule has 0 bridgehead atoms. The summed E-state index contributed by atoms with van der Waals surface area (Å²) in [6, 6.07) is 8.69. The Morgan fingerprint density at radius 3 is 2.70 bits per heavy atom. The maximum Gasteiger partial charge on any atom is 0.126 e. The Labute approximate surface area is 129 Å². The van der Waals surface area contributed by atoms with E-state index in [1.165, 1.54) is 17.7 Å². The van der Waals surface area contributed by atoms with Gasteiger partial charge in [0.2, 0.25) is 0 Å². The molecule has 4 unspecified atom stereocenters. The van der Waals surface area contributed by atoms with Crippen LogP contribution in [-0.4, -0.2) is 6.04 Å². The fraction of sp³-hybridized carbons (Fsp3) is 0.500. The predicted molar refractivity (Wildman–Crippen MR) is 84.4 cm³/mol. The highest BCUT2D eigenvalue weighted by Crippen LogP contribution is 2.36. The molecule has 3 rings (SSSR count). The van der Waals surface area contributed by atoms with Gasteiger partial charge in [0.25, 0.3) is 0 Å². The number of rotatable bonds is 4. The van der Waals surface area contributed by atoms with Gasteiger partial charge in [-0.15, -0.1) is 11.3 Å². The van der Waals surface area contributed by atoms with Crippen molar-refractivity contribution in [2.45, 2.75) is 38.8 Å². The van der Waals surface area contributed by atoms with E-state index in [-0.39, 0.29) is 6.04 Å². The standard InChI is InChI=1S/C16H20ClNOS/c1-10-5-6-12(11(10)2)18-16(13-4-3-9-19-13)14-7-8-15(17)20-14/h3-4,7-12,16,18H,5-6H2,1-2H3. The molecule has 0 saturated heterocycles. The highest BCUT2D eigenvalue weighted by Gasteiger charge is 2.32. The van der Waals surface area contributed by atoms with E-state index >= 15 is 0 Å². The minimum Gasteiger partial charge on any atom is -0.467 e. The summed E-state index contributed by atoms with van der Waals surface area (Å²) < 4.78 is 6.46. The monoisotopic (exact) mass is 309 g/mol. The van der Waals surface area contributed by atoms with Crippen LogP contribution in [0.4, 0.5) is 0 Å². The van der Waals surface area contributed by atoms with Crippen molar-refractivity contribution in [3.63, 3.8) is 0 Å². The minimum absolute atomic E-state index is 0.111. The number of nitrogens with one attached hydrogen (secondary N) is 1. The van der Waals surface area contributed by atoms with Crippen molar-refractivity contribution in [3.05, 3.63) is 45.5 Å². The lowest BCUT2D eigenvalue weighted by Gasteiger charge is -2.25. The number of hydrogen-bond donors (Lipinski definition) is 1. The van der Waals surface area contributed by atoms with Crippen LogP contribution in [0.15, 0.2) is 34.9 Å². The molecule has 20 heavy (non-hydrogen) atoms. The first-order valence-corrected chi connectivity index (χ1v) is 8.39. The molecule has 1 fully saturated rings. The molecule has 1 N–H and O–H groups in total. The van der Waals surface area contributed by atoms with Gasteiger partial charge < -0.3 is 4.42 Å². The van der Waals surface area contributed by atoms with Gasteiger partial charge in [0, 0.05) is 10.9 Å². The molecular weight excluding hydrogens is 290 g/mol. The highest BCUT2D eigenvalue weighted by atomic mass is 35.5. The molecule has 108 valence electrons. The topological polar surface area (TPSA) is 25.2 Å². The van der Waals surface area contributed by atoms with E-state index in [2.05, 4.69) is 25.2 Å². The zero-order valence-electron chi connectivity index (χ0n) is 11.8. The Morgan fingerprint density at radius 2 is 2.15 bits per heavy atom. The second-order valence-electron chi connectivity index (χ2n) is 5.78. The van der Waals surface area contributed by atoms with E-state index in [0.29, 0.717) is 12.0 Å². The molecule has 1 saturated carbocycles. The van der Waals surface area contributed by atoms with Gasteiger partial charge in [-0.2, -0.15) is 0 Å². The van der Waals surface area contributed by atoms with Gasteiger partial charge in [-0.05, 0) is 48.9 Å². The number of thiophene rings is 1. The third-order valence-electron chi connectivity index (χ3n) is 4.55. The van der Waals surface area contributed by atoms with Crippen molar-refractivity contribution in [1.29, 1.82) is 0 Å². The van der Waals surface area contributed by atoms with Crippen LogP contribution in [0, 0.1) is 11.8 Å². The molecular formula is C16H20ClNOS. The third-order valence-corrected chi connectivity index (χ3v) is 5.85.